The monoisotopic (exact) mass is 285 g/mol. The second kappa shape index (κ2) is 6.90. The fourth-order valence-electron chi connectivity index (χ4n) is 2.80. The van der Waals surface area contributed by atoms with Crippen molar-refractivity contribution < 1.29 is 19.4 Å². The molecule has 2 rings (SSSR count). The van der Waals surface area contributed by atoms with Crippen LogP contribution in [0.25, 0.3) is 0 Å². The highest BCUT2D eigenvalue weighted by atomic mass is 16.5. The van der Waals surface area contributed by atoms with Crippen LogP contribution in [0.5, 0.6) is 0 Å². The van der Waals surface area contributed by atoms with Crippen molar-refractivity contribution in [2.75, 3.05) is 32.8 Å². The predicted octanol–water partition coefficient (Wildman–Crippen LogP) is 0.568. The fourth-order valence-corrected chi connectivity index (χ4v) is 2.80. The molecule has 7 nitrogen and oxygen atoms in total. The maximum absolute atomic E-state index is 11.8. The number of morpholine rings is 1. The Balaban J connectivity index is 1.79. The van der Waals surface area contributed by atoms with Crippen molar-refractivity contribution in [2.45, 2.75) is 32.1 Å². The number of carboxylic acids is 1. The van der Waals surface area contributed by atoms with Crippen LogP contribution < -0.4 is 10.7 Å². The molecule has 2 amide bonds. The van der Waals surface area contributed by atoms with Crippen LogP contribution in [-0.2, 0) is 9.53 Å². The van der Waals surface area contributed by atoms with Crippen LogP contribution in [0.1, 0.15) is 32.1 Å². The van der Waals surface area contributed by atoms with E-state index in [-0.39, 0.29) is 12.6 Å². The molecule has 0 unspecified atom stereocenters. The van der Waals surface area contributed by atoms with Crippen LogP contribution in [0.4, 0.5) is 4.79 Å². The molecule has 2 fully saturated rings. The summed E-state index contributed by atoms with van der Waals surface area (Å²) in [5, 5.41) is 13.9. The van der Waals surface area contributed by atoms with Crippen molar-refractivity contribution in [3.05, 3.63) is 0 Å². The van der Waals surface area contributed by atoms with Crippen molar-refractivity contribution in [3.63, 3.8) is 0 Å². The summed E-state index contributed by atoms with van der Waals surface area (Å²) in [5.41, 5.74) is 1.93. The zero-order valence-electron chi connectivity index (χ0n) is 11.7. The van der Waals surface area contributed by atoms with Crippen molar-refractivity contribution in [3.8, 4) is 0 Å². The van der Waals surface area contributed by atoms with Crippen molar-refractivity contribution in [1.29, 1.82) is 0 Å². The smallest absolute Gasteiger partial charge is 0.329 e. The lowest BCUT2D eigenvalue weighted by atomic mass is 9.74. The number of urea groups is 1. The van der Waals surface area contributed by atoms with Gasteiger partial charge in [0.25, 0.3) is 0 Å². The average Bonchev–Trinajstić information content (AvgIpc) is 2.47. The van der Waals surface area contributed by atoms with Crippen LogP contribution in [0.15, 0.2) is 0 Å². The quantitative estimate of drug-likeness (QED) is 0.702. The van der Waals surface area contributed by atoms with Crippen molar-refractivity contribution in [1.82, 2.24) is 15.8 Å². The first-order valence-electron chi connectivity index (χ1n) is 7.23. The Hall–Kier alpha value is -1.34. The molecular formula is C13H23N3O4. The fraction of sp³-hybridized carbons (Fsp3) is 0.846. The molecule has 1 aliphatic carbocycles. The molecule has 0 atom stereocenters. The lowest BCUT2D eigenvalue weighted by Crippen LogP contribution is -2.54. The van der Waals surface area contributed by atoms with Gasteiger partial charge in [0, 0.05) is 19.6 Å². The number of hydrogen-bond acceptors (Lipinski definition) is 4. The van der Waals surface area contributed by atoms with E-state index in [9.17, 15) is 14.7 Å². The third-order valence-electron chi connectivity index (χ3n) is 4.12. The lowest BCUT2D eigenvalue weighted by molar-refractivity contribution is -0.150. The third-order valence-corrected chi connectivity index (χ3v) is 4.12. The molecule has 0 aromatic carbocycles. The van der Waals surface area contributed by atoms with E-state index in [1.807, 2.05) is 0 Å². The van der Waals surface area contributed by atoms with Gasteiger partial charge in [0.15, 0.2) is 0 Å². The lowest BCUT2D eigenvalue weighted by Gasteiger charge is -2.33. The molecule has 1 heterocycles. The molecule has 1 saturated heterocycles. The minimum atomic E-state index is -0.802. The van der Waals surface area contributed by atoms with E-state index in [4.69, 9.17) is 4.74 Å². The molecule has 1 saturated carbocycles. The molecule has 114 valence electrons. The van der Waals surface area contributed by atoms with Crippen molar-refractivity contribution >= 4 is 12.0 Å². The van der Waals surface area contributed by atoms with Crippen LogP contribution in [0.3, 0.4) is 0 Å². The van der Waals surface area contributed by atoms with E-state index in [2.05, 4.69) is 10.7 Å². The molecule has 1 aliphatic heterocycles. The number of carbonyl (C=O) groups excluding carboxylic acids is 1. The second-order valence-corrected chi connectivity index (χ2v) is 5.54. The zero-order valence-corrected chi connectivity index (χ0v) is 11.7. The van der Waals surface area contributed by atoms with Crippen LogP contribution in [-0.4, -0.2) is 55.0 Å². The topological polar surface area (TPSA) is 90.9 Å². The summed E-state index contributed by atoms with van der Waals surface area (Å²) in [6, 6.07) is -0.335. The first-order valence-corrected chi connectivity index (χ1v) is 7.23. The van der Waals surface area contributed by atoms with Gasteiger partial charge < -0.3 is 15.2 Å². The number of nitrogens with one attached hydrogen (secondary N) is 2. The van der Waals surface area contributed by atoms with Gasteiger partial charge in [-0.05, 0) is 12.8 Å². The highest BCUT2D eigenvalue weighted by Crippen LogP contribution is 2.35. The zero-order chi connectivity index (χ0) is 14.4. The van der Waals surface area contributed by atoms with E-state index in [1.54, 1.807) is 5.01 Å². The molecule has 7 heteroatoms. The van der Waals surface area contributed by atoms with Gasteiger partial charge in [0.1, 0.15) is 0 Å². The number of carbonyl (C=O) groups is 2. The summed E-state index contributed by atoms with van der Waals surface area (Å²) >= 11 is 0. The maximum Gasteiger partial charge on any atom is 0.329 e. The Labute approximate surface area is 118 Å². The van der Waals surface area contributed by atoms with E-state index >= 15 is 0 Å². The van der Waals surface area contributed by atoms with Gasteiger partial charge in [-0.15, -0.1) is 0 Å². The minimum absolute atomic E-state index is 0.193. The number of carboxylic acid groups (broad SMARTS) is 1. The van der Waals surface area contributed by atoms with Gasteiger partial charge in [-0.25, -0.2) is 9.80 Å². The Kier molecular flexibility index (Phi) is 5.19. The van der Waals surface area contributed by atoms with E-state index < -0.39 is 11.4 Å². The number of rotatable bonds is 4. The van der Waals surface area contributed by atoms with Crippen LogP contribution in [0.2, 0.25) is 0 Å². The summed E-state index contributed by atoms with van der Waals surface area (Å²) in [5.74, 6) is -0.802. The summed E-state index contributed by atoms with van der Waals surface area (Å²) in [6.45, 7) is 2.69. The minimum Gasteiger partial charge on any atom is -0.481 e. The molecule has 0 spiro atoms. The normalized spacial score (nSPS) is 23.0. The summed E-state index contributed by atoms with van der Waals surface area (Å²) in [6.07, 6.45) is 4.19. The molecule has 0 radical (unpaired) electrons. The maximum atomic E-state index is 11.8. The molecule has 20 heavy (non-hydrogen) atoms. The molecule has 0 aromatic heterocycles. The Bertz CT molecular complexity index is 350. The summed E-state index contributed by atoms with van der Waals surface area (Å²) in [4.78, 5) is 23.3. The standard InChI is InChI=1S/C13H23N3O4/c17-11(18)13(4-2-1-3-5-13)10-14-12(19)15-16-6-8-20-9-7-16/h1-10H2,(H,17,18)(H2,14,15,19). The van der Waals surface area contributed by atoms with Gasteiger partial charge in [0.2, 0.25) is 0 Å². The van der Waals surface area contributed by atoms with E-state index in [0.717, 1.165) is 19.3 Å². The van der Waals surface area contributed by atoms with Crippen molar-refractivity contribution in [2.24, 2.45) is 5.41 Å². The molecule has 2 aliphatic rings. The number of nitrogens with zero attached hydrogens (tertiary/aromatic N) is 1. The summed E-state index contributed by atoms with van der Waals surface area (Å²) < 4.78 is 5.19. The summed E-state index contributed by atoms with van der Waals surface area (Å²) in [7, 11) is 0. The number of amides is 2. The number of ether oxygens (including phenoxy) is 1. The van der Waals surface area contributed by atoms with Gasteiger partial charge in [-0.2, -0.15) is 0 Å². The van der Waals surface area contributed by atoms with Gasteiger partial charge >= 0.3 is 12.0 Å². The van der Waals surface area contributed by atoms with Gasteiger partial charge in [-0.1, -0.05) is 19.3 Å². The van der Waals surface area contributed by atoms with Crippen LogP contribution in [0, 0.1) is 5.41 Å². The molecule has 0 aromatic rings. The van der Waals surface area contributed by atoms with Gasteiger partial charge in [0.05, 0.1) is 18.6 Å². The second-order valence-electron chi connectivity index (χ2n) is 5.54. The Morgan fingerprint density at radius 2 is 1.80 bits per heavy atom. The third kappa shape index (κ3) is 3.83. The van der Waals surface area contributed by atoms with E-state index in [0.29, 0.717) is 39.1 Å². The first kappa shape index (κ1) is 15.1. The van der Waals surface area contributed by atoms with E-state index in [1.165, 1.54) is 0 Å². The largest absolute Gasteiger partial charge is 0.481 e. The Morgan fingerprint density at radius 1 is 1.15 bits per heavy atom. The Morgan fingerprint density at radius 3 is 2.40 bits per heavy atom. The van der Waals surface area contributed by atoms with Gasteiger partial charge in [-0.3, -0.25) is 10.2 Å². The highest BCUT2D eigenvalue weighted by molar-refractivity contribution is 5.78. The first-order chi connectivity index (χ1) is 9.62. The average molecular weight is 285 g/mol. The van der Waals surface area contributed by atoms with Crippen LogP contribution >= 0.6 is 0 Å². The number of hydrazine groups is 1. The number of aliphatic carboxylic acids is 1. The molecule has 3 N–H and O–H groups in total. The SMILES string of the molecule is O=C(NCC1(C(=O)O)CCCCC1)NN1CCOCC1. The predicted molar refractivity (Wildman–Crippen MR) is 72.1 cm³/mol. The molecule has 0 bridgehead atoms. The highest BCUT2D eigenvalue weighted by Gasteiger charge is 2.39. The number of hydrogen-bond donors (Lipinski definition) is 3. The molecular weight excluding hydrogens is 262 g/mol.